The van der Waals surface area contributed by atoms with Gasteiger partial charge in [0.15, 0.2) is 5.78 Å². The number of nitrogens with zero attached hydrogens (tertiary/aromatic N) is 2. The number of thiophene rings is 1. The van der Waals surface area contributed by atoms with Crippen LogP contribution >= 0.6 is 27.3 Å². The third-order valence-corrected chi connectivity index (χ3v) is 6.52. The molecule has 4 rings (SSSR count). The van der Waals surface area contributed by atoms with Crippen LogP contribution < -0.4 is 0 Å². The van der Waals surface area contributed by atoms with E-state index < -0.39 is 0 Å². The molecule has 1 aliphatic rings. The van der Waals surface area contributed by atoms with E-state index in [9.17, 15) is 9.59 Å². The summed E-state index contributed by atoms with van der Waals surface area (Å²) in [5.41, 5.74) is 1.52. The Bertz CT molecular complexity index is 994. The van der Waals surface area contributed by atoms with Gasteiger partial charge in [-0.1, -0.05) is 40.2 Å². The standard InChI is InChI=1S/C23H21BrN2O2S/c24-18-9-7-17(8-10-18)22(27)20-5-1-2-6-21(20)23(28)26-13-11-25(12-14-26)16-19-4-3-15-29-19/h1-10,15H,11-14,16H2. The second kappa shape index (κ2) is 9.03. The fourth-order valence-corrected chi connectivity index (χ4v) is 4.54. The predicted octanol–water partition coefficient (Wildman–Crippen LogP) is 4.70. The third kappa shape index (κ3) is 4.66. The van der Waals surface area contributed by atoms with Crippen LogP contribution in [0.25, 0.3) is 0 Å². The summed E-state index contributed by atoms with van der Waals surface area (Å²) in [6, 6.07) is 18.6. The molecular weight excluding hydrogens is 448 g/mol. The lowest BCUT2D eigenvalue weighted by Crippen LogP contribution is -2.48. The summed E-state index contributed by atoms with van der Waals surface area (Å²) in [7, 11) is 0. The van der Waals surface area contributed by atoms with Gasteiger partial charge in [0.05, 0.1) is 5.56 Å². The van der Waals surface area contributed by atoms with E-state index >= 15 is 0 Å². The van der Waals surface area contributed by atoms with Crippen molar-refractivity contribution in [1.29, 1.82) is 0 Å². The summed E-state index contributed by atoms with van der Waals surface area (Å²) in [6.45, 7) is 3.95. The summed E-state index contributed by atoms with van der Waals surface area (Å²) < 4.78 is 0.916. The molecule has 6 heteroatoms. The van der Waals surface area contributed by atoms with Gasteiger partial charge in [0.2, 0.25) is 0 Å². The maximum absolute atomic E-state index is 13.2. The topological polar surface area (TPSA) is 40.6 Å². The molecule has 0 N–H and O–H groups in total. The zero-order valence-electron chi connectivity index (χ0n) is 15.9. The molecule has 1 amide bonds. The van der Waals surface area contributed by atoms with Crippen molar-refractivity contribution in [2.45, 2.75) is 6.54 Å². The molecule has 3 aromatic rings. The lowest BCUT2D eigenvalue weighted by atomic mass is 9.97. The lowest BCUT2D eigenvalue weighted by Gasteiger charge is -2.34. The second-order valence-corrected chi connectivity index (χ2v) is 8.98. The van der Waals surface area contributed by atoms with Crippen LogP contribution in [0, 0.1) is 0 Å². The summed E-state index contributed by atoms with van der Waals surface area (Å²) in [5, 5.41) is 2.09. The van der Waals surface area contributed by atoms with Crippen molar-refractivity contribution >= 4 is 39.0 Å². The molecule has 1 saturated heterocycles. The molecular formula is C23H21BrN2O2S. The van der Waals surface area contributed by atoms with Gasteiger partial charge in [0, 0.05) is 53.2 Å². The molecule has 2 heterocycles. The van der Waals surface area contributed by atoms with E-state index in [0.29, 0.717) is 29.8 Å². The molecule has 0 radical (unpaired) electrons. The van der Waals surface area contributed by atoms with Crippen LogP contribution in [0.1, 0.15) is 31.2 Å². The van der Waals surface area contributed by atoms with Gasteiger partial charge in [-0.2, -0.15) is 0 Å². The minimum atomic E-state index is -0.127. The normalized spacial score (nSPS) is 14.7. The van der Waals surface area contributed by atoms with E-state index in [0.717, 1.165) is 24.1 Å². The lowest BCUT2D eigenvalue weighted by molar-refractivity contribution is 0.0627. The smallest absolute Gasteiger partial charge is 0.254 e. The largest absolute Gasteiger partial charge is 0.336 e. The van der Waals surface area contributed by atoms with Crippen molar-refractivity contribution in [2.75, 3.05) is 26.2 Å². The van der Waals surface area contributed by atoms with Crippen LogP contribution in [0.5, 0.6) is 0 Å². The Labute approximate surface area is 182 Å². The number of piperazine rings is 1. The fraction of sp³-hybridized carbons (Fsp3) is 0.217. The van der Waals surface area contributed by atoms with E-state index in [1.165, 1.54) is 4.88 Å². The minimum absolute atomic E-state index is 0.0677. The second-order valence-electron chi connectivity index (χ2n) is 7.03. The Balaban J connectivity index is 1.47. The number of rotatable bonds is 5. The number of hydrogen-bond donors (Lipinski definition) is 0. The molecule has 0 bridgehead atoms. The van der Waals surface area contributed by atoms with E-state index in [4.69, 9.17) is 0 Å². The molecule has 4 nitrogen and oxygen atoms in total. The average molecular weight is 469 g/mol. The summed E-state index contributed by atoms with van der Waals surface area (Å²) in [4.78, 5) is 31.8. The Morgan fingerprint density at radius 1 is 0.862 bits per heavy atom. The van der Waals surface area contributed by atoms with Gasteiger partial charge >= 0.3 is 0 Å². The van der Waals surface area contributed by atoms with Crippen LogP contribution in [0.4, 0.5) is 0 Å². The van der Waals surface area contributed by atoms with Crippen molar-refractivity contribution in [3.8, 4) is 0 Å². The van der Waals surface area contributed by atoms with Crippen molar-refractivity contribution < 1.29 is 9.59 Å². The highest BCUT2D eigenvalue weighted by Gasteiger charge is 2.25. The number of hydrogen-bond acceptors (Lipinski definition) is 4. The third-order valence-electron chi connectivity index (χ3n) is 5.13. The summed E-state index contributed by atoms with van der Waals surface area (Å²) in [6.07, 6.45) is 0. The Kier molecular flexibility index (Phi) is 6.23. The molecule has 1 aliphatic heterocycles. The van der Waals surface area contributed by atoms with Gasteiger partial charge in [-0.15, -0.1) is 11.3 Å². The van der Waals surface area contributed by atoms with E-state index in [1.807, 2.05) is 29.2 Å². The number of carbonyl (C=O) groups is 2. The van der Waals surface area contributed by atoms with Gasteiger partial charge in [0.1, 0.15) is 0 Å². The molecule has 1 aromatic heterocycles. The molecule has 0 atom stereocenters. The molecule has 2 aromatic carbocycles. The monoisotopic (exact) mass is 468 g/mol. The molecule has 0 aliphatic carbocycles. The first kappa shape index (κ1) is 20.0. The quantitative estimate of drug-likeness (QED) is 0.509. The first-order valence-corrected chi connectivity index (χ1v) is 11.2. The van der Waals surface area contributed by atoms with Gasteiger partial charge in [-0.05, 0) is 41.8 Å². The summed E-state index contributed by atoms with van der Waals surface area (Å²) in [5.74, 6) is -0.195. The first-order valence-electron chi connectivity index (χ1n) is 9.55. The number of amides is 1. The maximum atomic E-state index is 13.2. The van der Waals surface area contributed by atoms with E-state index in [1.54, 1.807) is 35.6 Å². The van der Waals surface area contributed by atoms with Crippen molar-refractivity contribution in [3.63, 3.8) is 0 Å². The minimum Gasteiger partial charge on any atom is -0.336 e. The highest BCUT2D eigenvalue weighted by Crippen LogP contribution is 2.20. The molecule has 0 saturated carbocycles. The van der Waals surface area contributed by atoms with Crippen LogP contribution in [0.3, 0.4) is 0 Å². The van der Waals surface area contributed by atoms with E-state index in [2.05, 4.69) is 38.3 Å². The molecule has 1 fully saturated rings. The van der Waals surface area contributed by atoms with Crippen molar-refractivity contribution in [2.24, 2.45) is 0 Å². The van der Waals surface area contributed by atoms with Gasteiger partial charge in [-0.25, -0.2) is 0 Å². The molecule has 29 heavy (non-hydrogen) atoms. The Morgan fingerprint density at radius 3 is 2.21 bits per heavy atom. The SMILES string of the molecule is O=C(c1ccc(Br)cc1)c1ccccc1C(=O)N1CCN(Cc2cccs2)CC1. The highest BCUT2D eigenvalue weighted by atomic mass is 79.9. The number of ketones is 1. The van der Waals surface area contributed by atoms with Gasteiger partial charge < -0.3 is 4.90 Å². The van der Waals surface area contributed by atoms with Gasteiger partial charge in [0.25, 0.3) is 5.91 Å². The number of halogens is 1. The average Bonchev–Trinajstić information content (AvgIpc) is 3.27. The molecule has 0 spiro atoms. The van der Waals surface area contributed by atoms with Crippen LogP contribution in [0.15, 0.2) is 70.5 Å². The fourth-order valence-electron chi connectivity index (χ4n) is 3.53. The highest BCUT2D eigenvalue weighted by molar-refractivity contribution is 9.10. The summed E-state index contributed by atoms with van der Waals surface area (Å²) >= 11 is 5.15. The first-order chi connectivity index (χ1) is 14.1. The van der Waals surface area contributed by atoms with Gasteiger partial charge in [-0.3, -0.25) is 14.5 Å². The number of benzene rings is 2. The van der Waals surface area contributed by atoms with Crippen LogP contribution in [0.2, 0.25) is 0 Å². The Hall–Kier alpha value is -2.28. The molecule has 148 valence electrons. The zero-order valence-corrected chi connectivity index (χ0v) is 18.3. The van der Waals surface area contributed by atoms with E-state index in [-0.39, 0.29) is 11.7 Å². The maximum Gasteiger partial charge on any atom is 0.254 e. The van der Waals surface area contributed by atoms with Crippen LogP contribution in [-0.2, 0) is 6.54 Å². The van der Waals surface area contributed by atoms with Crippen molar-refractivity contribution in [3.05, 3.63) is 92.1 Å². The molecule has 0 unspecified atom stereocenters. The van der Waals surface area contributed by atoms with Crippen molar-refractivity contribution in [1.82, 2.24) is 9.80 Å². The zero-order chi connectivity index (χ0) is 20.2. The van der Waals surface area contributed by atoms with Crippen LogP contribution in [-0.4, -0.2) is 47.7 Å². The number of carbonyl (C=O) groups excluding carboxylic acids is 2. The Morgan fingerprint density at radius 2 is 1.55 bits per heavy atom. The predicted molar refractivity (Wildman–Crippen MR) is 120 cm³/mol.